The van der Waals surface area contributed by atoms with E-state index in [0.717, 1.165) is 4.31 Å². The van der Waals surface area contributed by atoms with Crippen LogP contribution in [0.25, 0.3) is 0 Å². The predicted molar refractivity (Wildman–Crippen MR) is 66.5 cm³/mol. The van der Waals surface area contributed by atoms with E-state index in [9.17, 15) is 18.5 Å². The standard InChI is InChI=1S/C11H12N2O4S/c1-4-7-12(3)18(16,17)10-5-6-11(13(14)15)9(2)8-10/h1,5-6,8H,7H2,2-3H3. The highest BCUT2D eigenvalue weighted by Crippen LogP contribution is 2.23. The molecular weight excluding hydrogens is 256 g/mol. The van der Waals surface area contributed by atoms with Gasteiger partial charge in [0.05, 0.1) is 16.4 Å². The smallest absolute Gasteiger partial charge is 0.258 e. The van der Waals surface area contributed by atoms with Gasteiger partial charge in [-0.15, -0.1) is 6.42 Å². The first kappa shape index (κ1) is 14.2. The van der Waals surface area contributed by atoms with Crippen molar-refractivity contribution in [1.82, 2.24) is 4.31 Å². The van der Waals surface area contributed by atoms with Gasteiger partial charge in [-0.3, -0.25) is 10.1 Å². The topological polar surface area (TPSA) is 80.5 Å². The predicted octanol–water partition coefficient (Wildman–Crippen LogP) is 1.16. The Bertz CT molecular complexity index is 616. The zero-order chi connectivity index (χ0) is 13.9. The second-order valence-corrected chi connectivity index (χ2v) is 5.72. The van der Waals surface area contributed by atoms with E-state index in [0.29, 0.717) is 0 Å². The fourth-order valence-corrected chi connectivity index (χ4v) is 2.56. The lowest BCUT2D eigenvalue weighted by atomic mass is 10.2. The molecule has 0 heterocycles. The second kappa shape index (κ2) is 5.16. The van der Waals surface area contributed by atoms with Gasteiger partial charge in [-0.2, -0.15) is 4.31 Å². The van der Waals surface area contributed by atoms with E-state index in [4.69, 9.17) is 6.42 Å². The van der Waals surface area contributed by atoms with Crippen molar-refractivity contribution in [1.29, 1.82) is 0 Å². The number of sulfonamides is 1. The van der Waals surface area contributed by atoms with Crippen LogP contribution in [-0.4, -0.2) is 31.2 Å². The average molecular weight is 268 g/mol. The SMILES string of the molecule is C#CCN(C)S(=O)(=O)c1ccc([N+](=O)[O-])c(C)c1. The Kier molecular flexibility index (Phi) is 4.06. The van der Waals surface area contributed by atoms with Crippen molar-refractivity contribution < 1.29 is 13.3 Å². The van der Waals surface area contributed by atoms with E-state index in [2.05, 4.69) is 5.92 Å². The molecule has 0 aromatic heterocycles. The molecule has 1 aromatic carbocycles. The minimum absolute atomic E-state index is 0.0108. The molecule has 18 heavy (non-hydrogen) atoms. The summed E-state index contributed by atoms with van der Waals surface area (Å²) in [5, 5.41) is 10.6. The number of hydrogen-bond acceptors (Lipinski definition) is 4. The number of hydrogen-bond donors (Lipinski definition) is 0. The number of nitrogens with zero attached hydrogens (tertiary/aromatic N) is 2. The highest BCUT2D eigenvalue weighted by molar-refractivity contribution is 7.89. The molecule has 0 aliphatic rings. The van der Waals surface area contributed by atoms with Crippen LogP contribution in [0.5, 0.6) is 0 Å². The summed E-state index contributed by atoms with van der Waals surface area (Å²) in [5.41, 5.74) is 0.170. The summed E-state index contributed by atoms with van der Waals surface area (Å²) in [7, 11) is -2.34. The molecule has 0 amide bonds. The lowest BCUT2D eigenvalue weighted by Gasteiger charge is -2.14. The molecule has 0 spiro atoms. The minimum Gasteiger partial charge on any atom is -0.258 e. The number of benzene rings is 1. The van der Waals surface area contributed by atoms with Gasteiger partial charge >= 0.3 is 0 Å². The van der Waals surface area contributed by atoms with Gasteiger partial charge in [0.2, 0.25) is 10.0 Å². The van der Waals surface area contributed by atoms with Gasteiger partial charge in [0.1, 0.15) is 0 Å². The Morgan fingerprint density at radius 3 is 2.56 bits per heavy atom. The maximum absolute atomic E-state index is 12.0. The third kappa shape index (κ3) is 2.67. The average Bonchev–Trinajstić information content (AvgIpc) is 2.28. The van der Waals surface area contributed by atoms with Crippen molar-refractivity contribution >= 4 is 15.7 Å². The number of nitro groups is 1. The van der Waals surface area contributed by atoms with Crippen LogP contribution in [0.3, 0.4) is 0 Å². The van der Waals surface area contributed by atoms with Crippen LogP contribution in [0, 0.1) is 29.4 Å². The van der Waals surface area contributed by atoms with Crippen LogP contribution in [0.15, 0.2) is 23.1 Å². The molecule has 7 heteroatoms. The Hall–Kier alpha value is -1.91. The van der Waals surface area contributed by atoms with Crippen LogP contribution in [-0.2, 0) is 10.0 Å². The van der Waals surface area contributed by atoms with Crippen LogP contribution in [0.1, 0.15) is 5.56 Å². The second-order valence-electron chi connectivity index (χ2n) is 3.67. The van der Waals surface area contributed by atoms with Crippen molar-refractivity contribution in [3.8, 4) is 12.3 Å². The summed E-state index contributed by atoms with van der Waals surface area (Å²) in [4.78, 5) is 10.1. The lowest BCUT2D eigenvalue weighted by Crippen LogP contribution is -2.27. The third-order valence-electron chi connectivity index (χ3n) is 2.39. The molecule has 0 bridgehead atoms. The quantitative estimate of drug-likeness (QED) is 0.466. The number of rotatable bonds is 4. The lowest BCUT2D eigenvalue weighted by molar-refractivity contribution is -0.385. The van der Waals surface area contributed by atoms with Crippen molar-refractivity contribution in [3.63, 3.8) is 0 Å². The molecule has 0 fully saturated rings. The van der Waals surface area contributed by atoms with Crippen molar-refractivity contribution in [2.45, 2.75) is 11.8 Å². The summed E-state index contributed by atoms with van der Waals surface area (Å²) in [5.74, 6) is 2.23. The third-order valence-corrected chi connectivity index (χ3v) is 4.19. The summed E-state index contributed by atoms with van der Waals surface area (Å²) >= 11 is 0. The molecule has 1 aromatic rings. The van der Waals surface area contributed by atoms with Gasteiger partial charge in [0.15, 0.2) is 0 Å². The van der Waals surface area contributed by atoms with E-state index in [1.807, 2.05) is 0 Å². The van der Waals surface area contributed by atoms with E-state index >= 15 is 0 Å². The normalized spacial score (nSPS) is 11.2. The Balaban J connectivity index is 3.24. The van der Waals surface area contributed by atoms with Gasteiger partial charge in [-0.1, -0.05) is 5.92 Å². The molecule has 0 saturated carbocycles. The van der Waals surface area contributed by atoms with Crippen molar-refractivity contribution in [2.24, 2.45) is 0 Å². The molecule has 6 nitrogen and oxygen atoms in total. The fraction of sp³-hybridized carbons (Fsp3) is 0.273. The first-order valence-electron chi connectivity index (χ1n) is 4.95. The van der Waals surface area contributed by atoms with Gasteiger partial charge < -0.3 is 0 Å². The molecule has 1 rings (SSSR count). The number of nitro benzene ring substituents is 1. The van der Waals surface area contributed by atoms with Gasteiger partial charge in [0.25, 0.3) is 5.69 Å². The van der Waals surface area contributed by atoms with Crippen LogP contribution < -0.4 is 0 Å². The molecule has 0 radical (unpaired) electrons. The summed E-state index contributed by atoms with van der Waals surface area (Å²) in [6.07, 6.45) is 5.05. The van der Waals surface area contributed by atoms with E-state index < -0.39 is 14.9 Å². The zero-order valence-corrected chi connectivity index (χ0v) is 10.8. The highest BCUT2D eigenvalue weighted by Gasteiger charge is 2.22. The Labute approximate surface area is 105 Å². The first-order chi connectivity index (χ1) is 8.30. The minimum atomic E-state index is -3.70. The molecule has 0 atom stereocenters. The van der Waals surface area contributed by atoms with Gasteiger partial charge in [-0.05, 0) is 19.1 Å². The molecular formula is C11H12N2O4S. The monoisotopic (exact) mass is 268 g/mol. The largest absolute Gasteiger partial charge is 0.272 e. The van der Waals surface area contributed by atoms with E-state index in [-0.39, 0.29) is 22.7 Å². The summed E-state index contributed by atoms with van der Waals surface area (Å²) in [6, 6.07) is 3.64. The van der Waals surface area contributed by atoms with Gasteiger partial charge in [-0.25, -0.2) is 8.42 Å². The maximum Gasteiger partial charge on any atom is 0.272 e. The molecule has 0 N–H and O–H groups in total. The highest BCUT2D eigenvalue weighted by atomic mass is 32.2. The van der Waals surface area contributed by atoms with E-state index in [1.165, 1.54) is 32.2 Å². The fourth-order valence-electron chi connectivity index (χ4n) is 1.39. The van der Waals surface area contributed by atoms with Crippen molar-refractivity contribution in [3.05, 3.63) is 33.9 Å². The molecule has 0 saturated heterocycles. The first-order valence-corrected chi connectivity index (χ1v) is 6.39. The van der Waals surface area contributed by atoms with Gasteiger partial charge in [0, 0.05) is 18.7 Å². The zero-order valence-electron chi connectivity index (χ0n) is 9.95. The molecule has 96 valence electrons. The maximum atomic E-state index is 12.0. The van der Waals surface area contributed by atoms with Crippen LogP contribution in [0.4, 0.5) is 5.69 Å². The molecule has 0 unspecified atom stereocenters. The Morgan fingerprint density at radius 1 is 1.50 bits per heavy atom. The molecule has 0 aliphatic carbocycles. The molecule has 0 aliphatic heterocycles. The number of aryl methyl sites for hydroxylation is 1. The van der Waals surface area contributed by atoms with Crippen LogP contribution in [0.2, 0.25) is 0 Å². The number of terminal acetylenes is 1. The van der Waals surface area contributed by atoms with E-state index in [1.54, 1.807) is 0 Å². The summed E-state index contributed by atoms with van der Waals surface area (Å²) in [6.45, 7) is 1.43. The Morgan fingerprint density at radius 2 is 2.11 bits per heavy atom. The van der Waals surface area contributed by atoms with Crippen LogP contribution >= 0.6 is 0 Å². The van der Waals surface area contributed by atoms with Crippen molar-refractivity contribution in [2.75, 3.05) is 13.6 Å². The summed E-state index contributed by atoms with van der Waals surface area (Å²) < 4.78 is 25.0.